The number of carbonyl (C=O) groups excluding carboxylic acids is 2. The summed E-state index contributed by atoms with van der Waals surface area (Å²) in [5.41, 5.74) is 3.05. The molecule has 32 heavy (non-hydrogen) atoms. The lowest BCUT2D eigenvalue weighted by Gasteiger charge is -2.07. The molecule has 0 unspecified atom stereocenters. The highest BCUT2D eigenvalue weighted by molar-refractivity contribution is 6.33. The molecule has 1 amide bonds. The Labute approximate surface area is 188 Å². The number of nitro groups is 1. The lowest BCUT2D eigenvalue weighted by molar-refractivity contribution is -0.384. The quantitative estimate of drug-likeness (QED) is 0.247. The Bertz CT molecular complexity index is 1200. The molecule has 2 aromatic carbocycles. The van der Waals surface area contributed by atoms with Gasteiger partial charge in [0.1, 0.15) is 0 Å². The Morgan fingerprint density at radius 2 is 1.94 bits per heavy atom. The van der Waals surface area contributed by atoms with Crippen LogP contribution in [0.25, 0.3) is 11.8 Å². The summed E-state index contributed by atoms with van der Waals surface area (Å²) in [5, 5.41) is 17.9. The molecule has 164 valence electrons. The molecule has 10 heteroatoms. The number of nitrogens with one attached hydrogen (secondary N) is 1. The van der Waals surface area contributed by atoms with Crippen molar-refractivity contribution in [2.75, 3.05) is 11.9 Å². The molecule has 0 spiro atoms. The molecular formula is C22H19ClN4O5. The highest BCUT2D eigenvalue weighted by Crippen LogP contribution is 2.26. The summed E-state index contributed by atoms with van der Waals surface area (Å²) in [6, 6.07) is 13.2. The van der Waals surface area contributed by atoms with Gasteiger partial charge in [0, 0.05) is 29.5 Å². The van der Waals surface area contributed by atoms with Gasteiger partial charge >= 0.3 is 5.97 Å². The van der Waals surface area contributed by atoms with Crippen molar-refractivity contribution in [1.82, 2.24) is 9.78 Å². The monoisotopic (exact) mass is 454 g/mol. The van der Waals surface area contributed by atoms with Crippen molar-refractivity contribution in [3.63, 3.8) is 0 Å². The number of aryl methyl sites for hydroxylation is 1. The summed E-state index contributed by atoms with van der Waals surface area (Å²) in [6.07, 6.45) is 2.79. The number of benzene rings is 2. The SMILES string of the molecule is Cc1nn(-c2ccccc2)c(C)c1/C=C/C(=O)OCC(=O)Nc1cc([N+](=O)[O-])ccc1Cl. The molecule has 0 aliphatic heterocycles. The average Bonchev–Trinajstić information content (AvgIpc) is 3.06. The van der Waals surface area contributed by atoms with E-state index in [1.54, 1.807) is 10.8 Å². The van der Waals surface area contributed by atoms with Crippen molar-refractivity contribution in [2.45, 2.75) is 13.8 Å². The van der Waals surface area contributed by atoms with E-state index in [4.69, 9.17) is 16.3 Å². The molecule has 1 N–H and O–H groups in total. The number of aromatic nitrogens is 2. The minimum Gasteiger partial charge on any atom is -0.452 e. The molecule has 0 radical (unpaired) electrons. The van der Waals surface area contributed by atoms with Gasteiger partial charge in [-0.2, -0.15) is 5.10 Å². The standard InChI is InChI=1S/C22H19ClN4O5/c1-14-18(15(2)26(25-14)16-6-4-3-5-7-16)9-11-22(29)32-13-21(28)24-20-12-17(27(30)31)8-10-19(20)23/h3-12H,13H2,1-2H3,(H,24,28)/b11-9+. The van der Waals surface area contributed by atoms with Crippen LogP contribution in [-0.4, -0.2) is 33.2 Å². The zero-order chi connectivity index (χ0) is 23.3. The number of para-hydroxylation sites is 1. The van der Waals surface area contributed by atoms with Crippen LogP contribution in [0.2, 0.25) is 5.02 Å². The van der Waals surface area contributed by atoms with E-state index in [0.29, 0.717) is 0 Å². The van der Waals surface area contributed by atoms with E-state index in [9.17, 15) is 19.7 Å². The van der Waals surface area contributed by atoms with Gasteiger partial charge in [0.15, 0.2) is 6.61 Å². The van der Waals surface area contributed by atoms with Crippen molar-refractivity contribution in [2.24, 2.45) is 0 Å². The molecule has 3 rings (SSSR count). The fourth-order valence-corrected chi connectivity index (χ4v) is 3.13. The molecule has 0 bridgehead atoms. The van der Waals surface area contributed by atoms with Gasteiger partial charge < -0.3 is 10.1 Å². The number of carbonyl (C=O) groups is 2. The van der Waals surface area contributed by atoms with Gasteiger partial charge in [-0.15, -0.1) is 0 Å². The maximum absolute atomic E-state index is 12.1. The number of nitrogens with zero attached hydrogens (tertiary/aromatic N) is 3. The number of hydrogen-bond acceptors (Lipinski definition) is 6. The summed E-state index contributed by atoms with van der Waals surface area (Å²) >= 11 is 5.94. The van der Waals surface area contributed by atoms with Crippen LogP contribution in [0.4, 0.5) is 11.4 Å². The van der Waals surface area contributed by atoms with Crippen molar-refractivity contribution < 1.29 is 19.2 Å². The molecule has 0 fully saturated rings. The van der Waals surface area contributed by atoms with Gasteiger partial charge in [0.25, 0.3) is 11.6 Å². The second-order valence-electron chi connectivity index (χ2n) is 6.74. The first-order valence-electron chi connectivity index (χ1n) is 9.46. The fourth-order valence-electron chi connectivity index (χ4n) is 2.96. The smallest absolute Gasteiger partial charge is 0.331 e. The normalized spacial score (nSPS) is 10.8. The maximum atomic E-state index is 12.1. The topological polar surface area (TPSA) is 116 Å². The predicted octanol–water partition coefficient (Wildman–Crippen LogP) is 4.25. The Hall–Kier alpha value is -3.98. The Kier molecular flexibility index (Phi) is 7.01. The lowest BCUT2D eigenvalue weighted by Crippen LogP contribution is -2.20. The molecule has 0 atom stereocenters. The molecule has 1 heterocycles. The highest BCUT2D eigenvalue weighted by Gasteiger charge is 2.14. The van der Waals surface area contributed by atoms with Crippen LogP contribution in [0, 0.1) is 24.0 Å². The molecule has 3 aromatic rings. The van der Waals surface area contributed by atoms with Gasteiger partial charge in [-0.1, -0.05) is 29.8 Å². The van der Waals surface area contributed by atoms with Gasteiger partial charge in [0.2, 0.25) is 0 Å². The molecule has 1 aromatic heterocycles. The van der Waals surface area contributed by atoms with Crippen LogP contribution in [0.1, 0.15) is 17.0 Å². The molecule has 0 aliphatic carbocycles. The van der Waals surface area contributed by atoms with Gasteiger partial charge in [-0.05, 0) is 38.1 Å². The number of non-ortho nitro benzene ring substituents is 1. The Morgan fingerprint density at radius 3 is 2.62 bits per heavy atom. The van der Waals surface area contributed by atoms with Crippen molar-refractivity contribution in [1.29, 1.82) is 0 Å². The third-order valence-electron chi connectivity index (χ3n) is 4.51. The summed E-state index contributed by atoms with van der Waals surface area (Å²) in [5.74, 6) is -1.41. The van der Waals surface area contributed by atoms with Crippen LogP contribution in [0.5, 0.6) is 0 Å². The minimum absolute atomic E-state index is 0.0528. The van der Waals surface area contributed by atoms with Crippen LogP contribution in [0.15, 0.2) is 54.6 Å². The number of rotatable bonds is 7. The van der Waals surface area contributed by atoms with Gasteiger partial charge in [-0.3, -0.25) is 14.9 Å². The van der Waals surface area contributed by atoms with Crippen molar-refractivity contribution >= 4 is 40.9 Å². The van der Waals surface area contributed by atoms with Crippen LogP contribution < -0.4 is 5.32 Å². The first kappa shape index (κ1) is 22.7. The summed E-state index contributed by atoms with van der Waals surface area (Å²) in [7, 11) is 0. The van der Waals surface area contributed by atoms with E-state index in [1.807, 2.05) is 44.2 Å². The molecule has 0 saturated heterocycles. The second kappa shape index (κ2) is 9.88. The zero-order valence-corrected chi connectivity index (χ0v) is 18.0. The fraction of sp³-hybridized carbons (Fsp3) is 0.136. The number of nitro benzene ring substituents is 1. The predicted molar refractivity (Wildman–Crippen MR) is 120 cm³/mol. The lowest BCUT2D eigenvalue weighted by atomic mass is 10.2. The third kappa shape index (κ3) is 5.38. The third-order valence-corrected chi connectivity index (χ3v) is 4.84. The Morgan fingerprint density at radius 1 is 1.22 bits per heavy atom. The highest BCUT2D eigenvalue weighted by atomic mass is 35.5. The Balaban J connectivity index is 1.61. The molecule has 9 nitrogen and oxygen atoms in total. The first-order valence-corrected chi connectivity index (χ1v) is 9.84. The van der Waals surface area contributed by atoms with E-state index in [1.165, 1.54) is 18.2 Å². The van der Waals surface area contributed by atoms with Crippen LogP contribution in [-0.2, 0) is 14.3 Å². The van der Waals surface area contributed by atoms with E-state index in [0.717, 1.165) is 28.7 Å². The minimum atomic E-state index is -0.725. The second-order valence-corrected chi connectivity index (χ2v) is 7.15. The maximum Gasteiger partial charge on any atom is 0.331 e. The van der Waals surface area contributed by atoms with E-state index in [2.05, 4.69) is 10.4 Å². The summed E-state index contributed by atoms with van der Waals surface area (Å²) < 4.78 is 6.72. The van der Waals surface area contributed by atoms with Gasteiger partial charge in [0.05, 0.1) is 27.0 Å². The number of esters is 1. The largest absolute Gasteiger partial charge is 0.452 e. The molecule has 0 saturated carbocycles. The summed E-state index contributed by atoms with van der Waals surface area (Å²) in [6.45, 7) is 3.13. The van der Waals surface area contributed by atoms with Crippen LogP contribution >= 0.6 is 11.6 Å². The summed E-state index contributed by atoms with van der Waals surface area (Å²) in [4.78, 5) is 34.3. The number of halogens is 1. The first-order chi connectivity index (χ1) is 15.3. The molecular weight excluding hydrogens is 436 g/mol. The number of ether oxygens (including phenoxy) is 1. The number of hydrogen-bond donors (Lipinski definition) is 1. The van der Waals surface area contributed by atoms with E-state index in [-0.39, 0.29) is 16.4 Å². The van der Waals surface area contributed by atoms with Gasteiger partial charge in [-0.25, -0.2) is 9.48 Å². The van der Waals surface area contributed by atoms with Crippen molar-refractivity contribution in [3.05, 3.63) is 86.7 Å². The van der Waals surface area contributed by atoms with Crippen LogP contribution in [0.3, 0.4) is 0 Å². The average molecular weight is 455 g/mol. The zero-order valence-electron chi connectivity index (χ0n) is 17.2. The van der Waals surface area contributed by atoms with E-state index < -0.39 is 23.4 Å². The molecule has 0 aliphatic rings. The number of anilines is 1. The van der Waals surface area contributed by atoms with E-state index >= 15 is 0 Å². The van der Waals surface area contributed by atoms with Crippen molar-refractivity contribution in [3.8, 4) is 5.69 Å². The number of amides is 1.